The Bertz CT molecular complexity index is 684. The van der Waals surface area contributed by atoms with Crippen LogP contribution in [0.1, 0.15) is 35.4 Å². The first-order valence-electron chi connectivity index (χ1n) is 6.80. The van der Waals surface area contributed by atoms with Crippen molar-refractivity contribution in [2.24, 2.45) is 12.8 Å². The number of aryl methyl sites for hydroxylation is 2. The second-order valence-electron chi connectivity index (χ2n) is 5.26. The molecule has 0 saturated carbocycles. The summed E-state index contributed by atoms with van der Waals surface area (Å²) in [5.74, 6) is 1.54. The number of fused-ring (bicyclic) bond motifs is 1. The number of nitrogens with two attached hydrogens (primary N) is 1. The van der Waals surface area contributed by atoms with Gasteiger partial charge in [-0.25, -0.2) is 4.68 Å². The highest BCUT2D eigenvalue weighted by Crippen LogP contribution is 2.43. The van der Waals surface area contributed by atoms with Crippen LogP contribution >= 0.6 is 15.9 Å². The molecule has 2 unspecified atom stereocenters. The van der Waals surface area contributed by atoms with Crippen LogP contribution in [0, 0.1) is 6.92 Å². The van der Waals surface area contributed by atoms with Gasteiger partial charge in [-0.3, -0.25) is 0 Å². The number of aromatic nitrogens is 2. The number of ether oxygens (including phenoxy) is 2. The monoisotopic (exact) mass is 351 g/mol. The maximum Gasteiger partial charge on any atom is 0.218 e. The normalized spacial score (nSPS) is 20.8. The van der Waals surface area contributed by atoms with Crippen LogP contribution in [0.15, 0.2) is 22.7 Å². The lowest BCUT2D eigenvalue weighted by Gasteiger charge is -2.30. The summed E-state index contributed by atoms with van der Waals surface area (Å²) < 4.78 is 14.3. The molecule has 0 radical (unpaired) electrons. The molecule has 1 aliphatic rings. The average Bonchev–Trinajstić information content (AvgIpc) is 2.71. The van der Waals surface area contributed by atoms with Crippen molar-refractivity contribution in [1.82, 2.24) is 9.78 Å². The summed E-state index contributed by atoms with van der Waals surface area (Å²) in [6.45, 7) is 1.96. The first-order chi connectivity index (χ1) is 10.0. The van der Waals surface area contributed by atoms with Crippen molar-refractivity contribution >= 4 is 15.9 Å². The Balaban J connectivity index is 2.03. The molecule has 0 aliphatic carbocycles. The molecule has 3 rings (SSSR count). The molecular formula is C15H18BrN3O2. The van der Waals surface area contributed by atoms with Crippen molar-refractivity contribution in [3.05, 3.63) is 39.5 Å². The van der Waals surface area contributed by atoms with Gasteiger partial charge in [-0.1, -0.05) is 22.0 Å². The summed E-state index contributed by atoms with van der Waals surface area (Å²) in [6, 6.07) is 5.89. The predicted molar refractivity (Wildman–Crippen MR) is 83.6 cm³/mol. The van der Waals surface area contributed by atoms with Gasteiger partial charge in [0.15, 0.2) is 0 Å². The SMILES string of the molecule is COc1c(C2CC(N)c3ccc(Br)cc3O2)c(C)nn1C. The molecule has 6 heteroatoms. The molecule has 21 heavy (non-hydrogen) atoms. The zero-order valence-electron chi connectivity index (χ0n) is 12.3. The maximum atomic E-state index is 6.31. The molecule has 0 fully saturated rings. The van der Waals surface area contributed by atoms with Crippen LogP contribution < -0.4 is 15.2 Å². The quantitative estimate of drug-likeness (QED) is 0.903. The Morgan fingerprint density at radius 3 is 2.95 bits per heavy atom. The summed E-state index contributed by atoms with van der Waals surface area (Å²) in [4.78, 5) is 0. The summed E-state index contributed by atoms with van der Waals surface area (Å²) in [5, 5.41) is 4.42. The fourth-order valence-corrected chi connectivity index (χ4v) is 3.26. The Morgan fingerprint density at radius 1 is 1.48 bits per heavy atom. The van der Waals surface area contributed by atoms with E-state index < -0.39 is 0 Å². The highest BCUT2D eigenvalue weighted by atomic mass is 79.9. The van der Waals surface area contributed by atoms with E-state index in [-0.39, 0.29) is 12.1 Å². The van der Waals surface area contributed by atoms with Gasteiger partial charge < -0.3 is 15.2 Å². The smallest absolute Gasteiger partial charge is 0.218 e. The van der Waals surface area contributed by atoms with E-state index >= 15 is 0 Å². The Hall–Kier alpha value is -1.53. The minimum absolute atomic E-state index is 0.0591. The Labute approximate surface area is 132 Å². The van der Waals surface area contributed by atoms with E-state index in [0.29, 0.717) is 6.42 Å². The van der Waals surface area contributed by atoms with Crippen LogP contribution in [-0.4, -0.2) is 16.9 Å². The fraction of sp³-hybridized carbons (Fsp3) is 0.400. The molecule has 1 aliphatic heterocycles. The number of rotatable bonds is 2. The van der Waals surface area contributed by atoms with E-state index in [1.807, 2.05) is 32.2 Å². The van der Waals surface area contributed by atoms with Gasteiger partial charge in [-0.05, 0) is 19.1 Å². The molecule has 0 spiro atoms. The molecule has 2 atom stereocenters. The van der Waals surface area contributed by atoms with Crippen molar-refractivity contribution in [1.29, 1.82) is 0 Å². The zero-order valence-corrected chi connectivity index (χ0v) is 13.8. The molecule has 2 heterocycles. The van der Waals surface area contributed by atoms with Gasteiger partial charge in [0.05, 0.1) is 18.4 Å². The van der Waals surface area contributed by atoms with Gasteiger partial charge in [0, 0.05) is 29.5 Å². The molecule has 1 aromatic carbocycles. The van der Waals surface area contributed by atoms with Gasteiger partial charge in [0.25, 0.3) is 0 Å². The average molecular weight is 352 g/mol. The lowest BCUT2D eigenvalue weighted by molar-refractivity contribution is 0.156. The first kappa shape index (κ1) is 14.4. The number of nitrogens with zero attached hydrogens (tertiary/aromatic N) is 2. The minimum atomic E-state index is -0.148. The van der Waals surface area contributed by atoms with Gasteiger partial charge in [-0.15, -0.1) is 0 Å². The van der Waals surface area contributed by atoms with Crippen LogP contribution in [0.2, 0.25) is 0 Å². The highest BCUT2D eigenvalue weighted by Gasteiger charge is 2.32. The predicted octanol–water partition coefficient (Wildman–Crippen LogP) is 3.02. The molecule has 0 amide bonds. The molecular weight excluding hydrogens is 334 g/mol. The van der Waals surface area contributed by atoms with Crippen molar-refractivity contribution in [2.75, 3.05) is 7.11 Å². The molecule has 0 saturated heterocycles. The molecule has 1 aromatic heterocycles. The Morgan fingerprint density at radius 2 is 2.24 bits per heavy atom. The van der Waals surface area contributed by atoms with Crippen molar-refractivity contribution in [3.8, 4) is 11.6 Å². The van der Waals surface area contributed by atoms with Crippen LogP contribution in [0.3, 0.4) is 0 Å². The number of halogens is 1. The first-order valence-corrected chi connectivity index (χ1v) is 7.59. The van der Waals surface area contributed by atoms with Crippen LogP contribution in [0.4, 0.5) is 0 Å². The second-order valence-corrected chi connectivity index (χ2v) is 6.18. The molecule has 0 bridgehead atoms. The second kappa shape index (κ2) is 5.35. The van der Waals surface area contributed by atoms with E-state index in [2.05, 4.69) is 21.0 Å². The third-order valence-corrected chi connectivity index (χ3v) is 4.34. The van der Waals surface area contributed by atoms with E-state index in [9.17, 15) is 0 Å². The van der Waals surface area contributed by atoms with E-state index in [0.717, 1.165) is 32.9 Å². The zero-order chi connectivity index (χ0) is 15.1. The van der Waals surface area contributed by atoms with Gasteiger partial charge >= 0.3 is 0 Å². The Kier molecular flexibility index (Phi) is 3.67. The van der Waals surface area contributed by atoms with Gasteiger partial charge in [0.1, 0.15) is 11.9 Å². The lowest BCUT2D eigenvalue weighted by atomic mass is 9.93. The third kappa shape index (κ3) is 2.42. The van der Waals surface area contributed by atoms with Crippen molar-refractivity contribution in [2.45, 2.75) is 25.5 Å². The minimum Gasteiger partial charge on any atom is -0.485 e. The molecule has 2 N–H and O–H groups in total. The van der Waals surface area contributed by atoms with E-state index in [4.69, 9.17) is 15.2 Å². The summed E-state index contributed by atoms with van der Waals surface area (Å²) in [7, 11) is 3.51. The number of benzene rings is 1. The van der Waals surface area contributed by atoms with Gasteiger partial charge in [0.2, 0.25) is 5.88 Å². The standard InChI is InChI=1S/C15H18BrN3O2/c1-8-14(15(20-3)19(2)18-8)13-7-11(17)10-5-4-9(16)6-12(10)21-13/h4-6,11,13H,7,17H2,1-3H3. The summed E-state index contributed by atoms with van der Waals surface area (Å²) >= 11 is 3.47. The van der Waals surface area contributed by atoms with E-state index in [1.165, 1.54) is 0 Å². The van der Waals surface area contributed by atoms with Crippen LogP contribution in [0.5, 0.6) is 11.6 Å². The van der Waals surface area contributed by atoms with E-state index in [1.54, 1.807) is 11.8 Å². The largest absolute Gasteiger partial charge is 0.485 e. The summed E-state index contributed by atoms with van der Waals surface area (Å²) in [5.41, 5.74) is 9.23. The fourth-order valence-electron chi connectivity index (χ4n) is 2.92. The molecule has 5 nitrogen and oxygen atoms in total. The van der Waals surface area contributed by atoms with Crippen LogP contribution in [0.25, 0.3) is 0 Å². The lowest BCUT2D eigenvalue weighted by Crippen LogP contribution is -2.24. The van der Waals surface area contributed by atoms with Gasteiger partial charge in [-0.2, -0.15) is 5.10 Å². The number of hydrogen-bond acceptors (Lipinski definition) is 4. The molecule has 112 valence electrons. The maximum absolute atomic E-state index is 6.31. The molecule has 2 aromatic rings. The van der Waals surface area contributed by atoms with Crippen molar-refractivity contribution in [3.63, 3.8) is 0 Å². The highest BCUT2D eigenvalue weighted by molar-refractivity contribution is 9.10. The third-order valence-electron chi connectivity index (χ3n) is 3.84. The topological polar surface area (TPSA) is 62.3 Å². The number of hydrogen-bond donors (Lipinski definition) is 1. The number of methoxy groups -OCH3 is 1. The van der Waals surface area contributed by atoms with Crippen LogP contribution in [-0.2, 0) is 7.05 Å². The van der Waals surface area contributed by atoms with Crippen molar-refractivity contribution < 1.29 is 9.47 Å². The summed E-state index contributed by atoms with van der Waals surface area (Å²) in [6.07, 6.45) is 0.558.